The van der Waals surface area contributed by atoms with E-state index in [0.717, 1.165) is 29.7 Å². The molecule has 96 heavy (non-hydrogen) atoms. The zero-order chi connectivity index (χ0) is 70.3. The molecule has 2 aromatic carbocycles. The van der Waals surface area contributed by atoms with Gasteiger partial charge in [0, 0.05) is 123 Å². The second-order valence-corrected chi connectivity index (χ2v) is 27.9. The van der Waals surface area contributed by atoms with Crippen LogP contribution in [0, 0.1) is 47.3 Å². The standard InChI is InChI=1S/C74H109N7O15/c1-12-48(6)68(64(94-10)43-67(88)79-36-20-25-60(79)70(95-11)49(7)61(83)39-53(44-93-9)37-50-21-15-13-16-22-50)78(8)72(90)58(47(4)5)42-63(85)69-54-30-31-55(40-54)81(69)74(92)96-45-52-28-26-51(27-29-52)38-62(84)59(24-19-34-76-73(75)91)77-71(89)57(46(2)3)41-56(82)23-17-14-18-35-80-65(86)32-33-66(80)87/h13,15-16,21-22,26-29,32-33,46-49,53-55,57-60,64,68-70H,12,14,17-20,23-25,30-31,34-45H2,1-11H3,(H,77,89)(H3,75,76,91)/t48-,49-,53+,54-,55+,57-,58-,59-,60-,64+,68-,69-,70+/m0/s1. The SMILES string of the molecule is CC[C@H](C)[C@@H]([C@@H](CC(=O)N1CCC[C@H]1[C@H](OC)[C@@H](C)C(=O)C[C@H](COC)Cc1ccccc1)OC)N(C)C(=O)[C@@H](CC(=O)[C@@H]1[C@H]2CC[C@H](C2)N1C(=O)OCc1ccc(CC(=O)[C@H](CCCNC(N)=O)NC(=O)[C@@H](CC(=O)CCCCCN2C(=O)C=CC2=O)C(C)C)cc1)C(C)C. The summed E-state index contributed by atoms with van der Waals surface area (Å²) in [6.07, 6.45) is 8.03. The Morgan fingerprint density at radius 3 is 2.04 bits per heavy atom. The number of nitrogens with two attached hydrogens (primary N) is 1. The number of nitrogens with zero attached hydrogens (tertiary/aromatic N) is 4. The Labute approximate surface area is 568 Å². The minimum absolute atomic E-state index is 0.0173. The zero-order valence-corrected chi connectivity index (χ0v) is 58.8. The van der Waals surface area contributed by atoms with E-state index in [4.69, 9.17) is 24.7 Å². The lowest BCUT2D eigenvalue weighted by Crippen LogP contribution is -2.54. The van der Waals surface area contributed by atoms with Crippen LogP contribution in [0.3, 0.4) is 0 Å². The molecule has 3 fully saturated rings. The highest BCUT2D eigenvalue weighted by Gasteiger charge is 2.53. The van der Waals surface area contributed by atoms with Crippen LogP contribution in [0.1, 0.15) is 168 Å². The first-order valence-corrected chi connectivity index (χ1v) is 35.0. The Hall–Kier alpha value is -7.17. The predicted octanol–water partition coefficient (Wildman–Crippen LogP) is 8.55. The number of amides is 8. The lowest BCUT2D eigenvalue weighted by molar-refractivity contribution is -0.149. The number of rotatable bonds is 42. The number of nitrogens with one attached hydrogen (secondary N) is 2. The van der Waals surface area contributed by atoms with Crippen LogP contribution in [0.4, 0.5) is 9.59 Å². The van der Waals surface area contributed by atoms with Crippen molar-refractivity contribution in [2.75, 3.05) is 54.6 Å². The van der Waals surface area contributed by atoms with Crippen molar-refractivity contribution in [1.82, 2.24) is 30.2 Å². The maximum absolute atomic E-state index is 15.0. The highest BCUT2D eigenvalue weighted by molar-refractivity contribution is 6.12. The fourth-order valence-electron chi connectivity index (χ4n) is 14.9. The molecule has 13 atom stereocenters. The number of urea groups is 1. The summed E-state index contributed by atoms with van der Waals surface area (Å²) in [7, 11) is 6.52. The summed E-state index contributed by atoms with van der Waals surface area (Å²) in [5.74, 6) is -4.77. The number of unbranched alkanes of at least 4 members (excludes halogenated alkanes) is 2. The summed E-state index contributed by atoms with van der Waals surface area (Å²) >= 11 is 0. The van der Waals surface area contributed by atoms with Gasteiger partial charge in [-0.25, -0.2) is 9.59 Å². The maximum Gasteiger partial charge on any atom is 0.410 e. The summed E-state index contributed by atoms with van der Waals surface area (Å²) in [5.41, 5.74) is 7.68. The molecule has 0 aromatic heterocycles. The van der Waals surface area contributed by atoms with Crippen LogP contribution in [-0.2, 0) is 81.5 Å². The first-order chi connectivity index (χ1) is 45.8. The number of hydrogen-bond acceptors (Lipinski definition) is 15. The van der Waals surface area contributed by atoms with Gasteiger partial charge in [0.25, 0.3) is 11.8 Å². The van der Waals surface area contributed by atoms with Gasteiger partial charge in [0.15, 0.2) is 11.6 Å². The number of ether oxygens (including phenoxy) is 4. The predicted molar refractivity (Wildman–Crippen MR) is 362 cm³/mol. The van der Waals surface area contributed by atoms with Crippen LogP contribution in [0.2, 0.25) is 0 Å². The lowest BCUT2D eigenvalue weighted by Gasteiger charge is -2.41. The molecule has 2 aromatic rings. The van der Waals surface area contributed by atoms with Crippen molar-refractivity contribution in [3.8, 4) is 0 Å². The van der Waals surface area contributed by atoms with Gasteiger partial charge < -0.3 is 45.1 Å². The molecule has 0 unspecified atom stereocenters. The highest BCUT2D eigenvalue weighted by Crippen LogP contribution is 2.44. The summed E-state index contributed by atoms with van der Waals surface area (Å²) in [6, 6.07) is 13.5. The molecule has 0 spiro atoms. The van der Waals surface area contributed by atoms with E-state index in [9.17, 15) is 47.9 Å². The number of carbonyl (C=O) groups excluding carboxylic acids is 11. The van der Waals surface area contributed by atoms with Crippen molar-refractivity contribution in [3.63, 3.8) is 0 Å². The van der Waals surface area contributed by atoms with E-state index in [-0.39, 0.29) is 147 Å². The Morgan fingerprint density at radius 1 is 0.740 bits per heavy atom. The molecule has 3 heterocycles. The fraction of sp³-hybridized carbons (Fsp3) is 0.662. The number of fused-ring (bicyclic) bond motifs is 2. The molecule has 3 aliphatic heterocycles. The summed E-state index contributed by atoms with van der Waals surface area (Å²) in [5, 5.41) is 5.42. The van der Waals surface area contributed by atoms with Crippen LogP contribution in [0.25, 0.3) is 0 Å². The number of methoxy groups -OCH3 is 3. The summed E-state index contributed by atoms with van der Waals surface area (Å²) < 4.78 is 23.7. The molecule has 4 N–H and O–H groups in total. The number of likely N-dealkylation sites (N-methyl/N-ethyl adjacent to an activating group) is 1. The number of ketones is 4. The van der Waals surface area contributed by atoms with Crippen LogP contribution < -0.4 is 16.4 Å². The Morgan fingerprint density at radius 2 is 1.42 bits per heavy atom. The number of likely N-dealkylation sites (tertiary alicyclic amines) is 2. The van der Waals surface area contributed by atoms with E-state index in [1.165, 1.54) is 12.2 Å². The van der Waals surface area contributed by atoms with Gasteiger partial charge >= 0.3 is 12.1 Å². The smallest absolute Gasteiger partial charge is 0.410 e. The molecule has 2 bridgehead atoms. The van der Waals surface area contributed by atoms with Crippen molar-refractivity contribution >= 4 is 64.8 Å². The molecule has 1 saturated carbocycles. The molecule has 22 nitrogen and oxygen atoms in total. The van der Waals surface area contributed by atoms with E-state index in [2.05, 4.69) is 10.6 Å². The number of piperidine rings is 1. The van der Waals surface area contributed by atoms with Gasteiger partial charge in [-0.15, -0.1) is 0 Å². The highest BCUT2D eigenvalue weighted by atomic mass is 16.6. The average Bonchev–Trinajstić information content (AvgIpc) is 1.60. The molecule has 530 valence electrons. The number of imide groups is 1. The minimum Gasteiger partial charge on any atom is -0.445 e. The normalized spacial score (nSPS) is 20.4. The third-order valence-corrected chi connectivity index (χ3v) is 20.5. The van der Waals surface area contributed by atoms with Gasteiger partial charge in [0.2, 0.25) is 17.7 Å². The molecule has 2 saturated heterocycles. The Bertz CT molecular complexity index is 2970. The largest absolute Gasteiger partial charge is 0.445 e. The molecule has 4 aliphatic rings. The van der Waals surface area contributed by atoms with Crippen LogP contribution >= 0.6 is 0 Å². The Kier molecular flexibility index (Phi) is 30.9. The third-order valence-electron chi connectivity index (χ3n) is 20.5. The average molecular weight is 1340 g/mol. The minimum atomic E-state index is -0.945. The van der Waals surface area contributed by atoms with Crippen molar-refractivity contribution < 1.29 is 71.7 Å². The second-order valence-electron chi connectivity index (χ2n) is 27.9. The zero-order valence-electron chi connectivity index (χ0n) is 58.8. The third kappa shape index (κ3) is 21.7. The molecule has 0 radical (unpaired) electrons. The number of carbonyl (C=O) groups is 11. The van der Waals surface area contributed by atoms with Gasteiger partial charge in [-0.3, -0.25) is 53.0 Å². The van der Waals surface area contributed by atoms with Gasteiger partial charge in [0.05, 0.1) is 42.8 Å². The van der Waals surface area contributed by atoms with E-state index >= 15 is 4.79 Å². The topological polar surface area (TPSA) is 288 Å². The van der Waals surface area contributed by atoms with Crippen LogP contribution in [-0.4, -0.2) is 181 Å². The van der Waals surface area contributed by atoms with Gasteiger partial charge in [0.1, 0.15) is 18.2 Å². The number of primary amides is 1. The van der Waals surface area contributed by atoms with Crippen molar-refractivity contribution in [3.05, 3.63) is 83.4 Å². The molecule has 22 heteroatoms. The van der Waals surface area contributed by atoms with E-state index in [1.807, 2.05) is 83.7 Å². The van der Waals surface area contributed by atoms with E-state index < -0.39 is 66.1 Å². The Balaban J connectivity index is 1.04. The van der Waals surface area contributed by atoms with Crippen molar-refractivity contribution in [2.45, 2.75) is 213 Å². The van der Waals surface area contributed by atoms with E-state index in [0.29, 0.717) is 82.1 Å². The van der Waals surface area contributed by atoms with E-state index in [1.54, 1.807) is 62.4 Å². The molecular formula is C74H109N7O15. The summed E-state index contributed by atoms with van der Waals surface area (Å²) in [4.78, 5) is 155. The molecule has 1 aliphatic carbocycles. The van der Waals surface area contributed by atoms with Gasteiger partial charge in [-0.1, -0.05) is 116 Å². The molecule has 8 amide bonds. The monoisotopic (exact) mass is 1340 g/mol. The number of Topliss-reactive ketones (excluding diaryl/α,β-unsaturated/α-hetero) is 4. The molecular weight excluding hydrogens is 1230 g/mol. The maximum atomic E-state index is 15.0. The first kappa shape index (κ1) is 77.8. The number of benzene rings is 2. The van der Waals surface area contributed by atoms with Gasteiger partial charge in [-0.2, -0.15) is 0 Å². The second kappa shape index (κ2) is 38.1. The van der Waals surface area contributed by atoms with Crippen molar-refractivity contribution in [2.24, 2.45) is 53.1 Å². The molecule has 6 rings (SSSR count). The van der Waals surface area contributed by atoms with Gasteiger partial charge in [-0.05, 0) is 110 Å². The van der Waals surface area contributed by atoms with Crippen molar-refractivity contribution in [1.29, 1.82) is 0 Å². The fourth-order valence-corrected chi connectivity index (χ4v) is 14.9. The van der Waals surface area contributed by atoms with Crippen LogP contribution in [0.5, 0.6) is 0 Å². The van der Waals surface area contributed by atoms with Crippen LogP contribution in [0.15, 0.2) is 66.7 Å². The first-order valence-electron chi connectivity index (χ1n) is 35.0. The number of hydrogen-bond donors (Lipinski definition) is 3. The lowest BCUT2D eigenvalue weighted by atomic mass is 9.83. The quantitative estimate of drug-likeness (QED) is 0.0414. The summed E-state index contributed by atoms with van der Waals surface area (Å²) in [6.45, 7) is 14.7.